The van der Waals surface area contributed by atoms with E-state index < -0.39 is 0 Å². The Morgan fingerprint density at radius 3 is 2.11 bits per heavy atom. The Labute approximate surface area is 160 Å². The lowest BCUT2D eigenvalue weighted by Crippen LogP contribution is -2.20. The van der Waals surface area contributed by atoms with Gasteiger partial charge in [0.15, 0.2) is 11.6 Å². The number of benzene rings is 2. The molecule has 1 aliphatic rings. The number of aromatic nitrogens is 1. The van der Waals surface area contributed by atoms with E-state index in [0.29, 0.717) is 22.3 Å². The minimum Gasteiger partial charge on any atom is -0.350 e. The third-order valence-electron chi connectivity index (χ3n) is 5.05. The molecule has 130 valence electrons. The van der Waals surface area contributed by atoms with E-state index in [1.165, 1.54) is 11.3 Å². The molecule has 2 heterocycles. The van der Waals surface area contributed by atoms with E-state index in [0.717, 1.165) is 21.3 Å². The highest BCUT2D eigenvalue weighted by Crippen LogP contribution is 2.41. The molecule has 4 aromatic rings. The van der Waals surface area contributed by atoms with Crippen LogP contribution in [-0.2, 0) is 7.05 Å². The summed E-state index contributed by atoms with van der Waals surface area (Å²) in [4.78, 5) is 27.7. The highest BCUT2D eigenvalue weighted by atomic mass is 32.1. The third-order valence-corrected chi connectivity index (χ3v) is 5.94. The van der Waals surface area contributed by atoms with Gasteiger partial charge in [-0.2, -0.15) is 0 Å². The predicted molar refractivity (Wildman–Crippen MR) is 109 cm³/mol. The minimum atomic E-state index is -0.0926. The quantitative estimate of drug-likeness (QED) is 0.485. The van der Waals surface area contributed by atoms with E-state index in [9.17, 15) is 9.59 Å². The van der Waals surface area contributed by atoms with Gasteiger partial charge in [0.1, 0.15) is 0 Å². The second-order valence-corrected chi connectivity index (χ2v) is 7.55. The fourth-order valence-electron chi connectivity index (χ4n) is 3.83. The molecular formula is C23H15NO2S. The lowest BCUT2D eigenvalue weighted by Gasteiger charge is -2.20. The van der Waals surface area contributed by atoms with Crippen LogP contribution in [0.25, 0.3) is 22.0 Å². The number of para-hydroxylation sites is 1. The Hall–Kier alpha value is -3.24. The van der Waals surface area contributed by atoms with E-state index in [2.05, 4.69) is 0 Å². The maximum Gasteiger partial charge on any atom is 0.195 e. The maximum absolute atomic E-state index is 13.5. The molecule has 1 aliphatic carbocycles. The number of allylic oxidation sites excluding steroid dienone is 2. The van der Waals surface area contributed by atoms with Crippen LogP contribution < -0.4 is 0 Å². The lowest BCUT2D eigenvalue weighted by molar-refractivity contribution is 0.101. The maximum atomic E-state index is 13.5. The molecule has 3 nitrogen and oxygen atoms in total. The standard InChI is InChI=1S/C23H15NO2S/c1-24-13-17(14-7-4-5-10-18(14)24)20-21(19-11-6-12-27-19)23(26)16-9-3-2-8-15(16)22(20)25/h2-13H,1H3. The van der Waals surface area contributed by atoms with Crippen LogP contribution in [0.2, 0.25) is 0 Å². The number of thiophene rings is 1. The third kappa shape index (κ3) is 2.27. The van der Waals surface area contributed by atoms with Crippen molar-refractivity contribution in [2.45, 2.75) is 0 Å². The summed E-state index contributed by atoms with van der Waals surface area (Å²) in [5.41, 5.74) is 3.80. The zero-order valence-electron chi connectivity index (χ0n) is 14.6. The van der Waals surface area contributed by atoms with Crippen LogP contribution in [0.15, 0.2) is 72.2 Å². The lowest BCUT2D eigenvalue weighted by atomic mass is 9.80. The normalized spacial score (nSPS) is 14.1. The number of carbonyl (C=O) groups excluding carboxylic acids is 2. The second-order valence-electron chi connectivity index (χ2n) is 6.60. The van der Waals surface area contributed by atoms with Crippen LogP contribution in [0.3, 0.4) is 0 Å². The summed E-state index contributed by atoms with van der Waals surface area (Å²) >= 11 is 1.48. The van der Waals surface area contributed by atoms with Gasteiger partial charge in [-0.05, 0) is 17.5 Å². The smallest absolute Gasteiger partial charge is 0.195 e. The van der Waals surface area contributed by atoms with Crippen molar-refractivity contribution in [3.63, 3.8) is 0 Å². The number of carbonyl (C=O) groups is 2. The first-order chi connectivity index (χ1) is 13.2. The van der Waals surface area contributed by atoms with Gasteiger partial charge in [-0.1, -0.05) is 48.5 Å². The number of fused-ring (bicyclic) bond motifs is 2. The van der Waals surface area contributed by atoms with Crippen molar-refractivity contribution in [1.82, 2.24) is 4.57 Å². The van der Waals surface area contributed by atoms with Crippen LogP contribution in [0.5, 0.6) is 0 Å². The number of hydrogen-bond donors (Lipinski definition) is 0. The van der Waals surface area contributed by atoms with Gasteiger partial charge in [0.2, 0.25) is 0 Å². The van der Waals surface area contributed by atoms with Crippen molar-refractivity contribution in [1.29, 1.82) is 0 Å². The van der Waals surface area contributed by atoms with Gasteiger partial charge in [0.05, 0.1) is 5.57 Å². The first-order valence-electron chi connectivity index (χ1n) is 8.68. The second kappa shape index (κ2) is 5.89. The molecule has 2 aromatic carbocycles. The first-order valence-corrected chi connectivity index (χ1v) is 9.56. The van der Waals surface area contributed by atoms with Gasteiger partial charge in [-0.3, -0.25) is 9.59 Å². The van der Waals surface area contributed by atoms with Gasteiger partial charge in [-0.25, -0.2) is 0 Å². The average Bonchev–Trinajstić information content (AvgIpc) is 3.33. The zero-order valence-corrected chi connectivity index (χ0v) is 15.4. The largest absolute Gasteiger partial charge is 0.350 e. The monoisotopic (exact) mass is 369 g/mol. The fraction of sp³-hybridized carbons (Fsp3) is 0.0435. The first kappa shape index (κ1) is 16.0. The highest BCUT2D eigenvalue weighted by molar-refractivity contribution is 7.11. The van der Waals surface area contributed by atoms with Crippen LogP contribution in [-0.4, -0.2) is 16.1 Å². The molecular weight excluding hydrogens is 354 g/mol. The molecule has 0 amide bonds. The Kier molecular flexibility index (Phi) is 3.49. The molecule has 0 radical (unpaired) electrons. The average molecular weight is 369 g/mol. The van der Waals surface area contributed by atoms with Crippen LogP contribution in [0.1, 0.15) is 31.2 Å². The van der Waals surface area contributed by atoms with Crippen LogP contribution in [0, 0.1) is 0 Å². The molecule has 0 saturated carbocycles. The van der Waals surface area contributed by atoms with Gasteiger partial charge in [0, 0.05) is 51.3 Å². The Morgan fingerprint density at radius 1 is 0.741 bits per heavy atom. The summed E-state index contributed by atoms with van der Waals surface area (Å²) in [5.74, 6) is -0.180. The van der Waals surface area contributed by atoms with Crippen molar-refractivity contribution in [2.24, 2.45) is 7.05 Å². The molecule has 0 N–H and O–H groups in total. The van der Waals surface area contributed by atoms with Crippen LogP contribution in [0.4, 0.5) is 0 Å². The number of hydrogen-bond acceptors (Lipinski definition) is 3. The summed E-state index contributed by atoms with van der Waals surface area (Å²) in [5, 5.41) is 2.91. The molecule has 5 rings (SSSR count). The van der Waals surface area contributed by atoms with Gasteiger partial charge in [-0.15, -0.1) is 11.3 Å². The van der Waals surface area contributed by atoms with Crippen LogP contribution >= 0.6 is 11.3 Å². The number of rotatable bonds is 2. The summed E-state index contributed by atoms with van der Waals surface area (Å²) < 4.78 is 2.00. The van der Waals surface area contributed by atoms with Crippen molar-refractivity contribution in [3.05, 3.63) is 93.8 Å². The SMILES string of the molecule is Cn1cc(C2=C(c3cccs3)C(=O)c3ccccc3C2=O)c2ccccc21. The summed E-state index contributed by atoms with van der Waals surface area (Å²) in [7, 11) is 1.96. The minimum absolute atomic E-state index is 0.0874. The van der Waals surface area contributed by atoms with Crippen molar-refractivity contribution >= 4 is 45.0 Å². The molecule has 0 bridgehead atoms. The topological polar surface area (TPSA) is 39.1 Å². The molecule has 2 aromatic heterocycles. The van der Waals surface area contributed by atoms with Gasteiger partial charge >= 0.3 is 0 Å². The van der Waals surface area contributed by atoms with Crippen molar-refractivity contribution in [2.75, 3.05) is 0 Å². The molecule has 4 heteroatoms. The molecule has 0 unspecified atom stereocenters. The Morgan fingerprint density at radius 2 is 1.41 bits per heavy atom. The molecule has 0 spiro atoms. The van der Waals surface area contributed by atoms with E-state index in [1.807, 2.05) is 59.6 Å². The van der Waals surface area contributed by atoms with E-state index in [-0.39, 0.29) is 11.6 Å². The van der Waals surface area contributed by atoms with E-state index in [1.54, 1.807) is 24.3 Å². The van der Waals surface area contributed by atoms with E-state index >= 15 is 0 Å². The number of nitrogens with zero attached hydrogens (tertiary/aromatic N) is 1. The Bertz CT molecular complexity index is 1260. The van der Waals surface area contributed by atoms with Crippen molar-refractivity contribution in [3.8, 4) is 0 Å². The number of ketones is 2. The summed E-state index contributed by atoms with van der Waals surface area (Å²) in [6.45, 7) is 0. The van der Waals surface area contributed by atoms with Gasteiger partial charge in [0.25, 0.3) is 0 Å². The molecule has 0 fully saturated rings. The molecule has 0 aliphatic heterocycles. The van der Waals surface area contributed by atoms with Gasteiger partial charge < -0.3 is 4.57 Å². The molecule has 0 atom stereocenters. The predicted octanol–water partition coefficient (Wildman–Crippen LogP) is 5.23. The number of Topliss-reactive ketones (excluding diaryl/α,β-unsaturated/α-hetero) is 2. The molecule has 27 heavy (non-hydrogen) atoms. The number of aryl methyl sites for hydroxylation is 1. The highest BCUT2D eigenvalue weighted by Gasteiger charge is 2.35. The van der Waals surface area contributed by atoms with Crippen molar-refractivity contribution < 1.29 is 9.59 Å². The fourth-order valence-corrected chi connectivity index (χ4v) is 4.60. The summed E-state index contributed by atoms with van der Waals surface area (Å²) in [6.07, 6.45) is 1.95. The Balaban J connectivity index is 1.90. The zero-order chi connectivity index (χ0) is 18.5. The molecule has 0 saturated heterocycles. The van der Waals surface area contributed by atoms with E-state index in [4.69, 9.17) is 0 Å². The summed E-state index contributed by atoms with van der Waals surface area (Å²) in [6, 6.07) is 18.9.